The first-order chi connectivity index (χ1) is 31.2. The quantitative estimate of drug-likeness (QED) is 0.166. The Bertz CT molecular complexity index is 2500. The Morgan fingerprint density at radius 1 is 1.00 bits per heavy atom. The number of carbonyl (C=O) groups is 6. The van der Waals surface area contributed by atoms with Gasteiger partial charge < -0.3 is 53.7 Å². The summed E-state index contributed by atoms with van der Waals surface area (Å²) in [5.74, 6) is -5.29. The van der Waals surface area contributed by atoms with Crippen LogP contribution in [-0.2, 0) is 33.4 Å². The summed E-state index contributed by atoms with van der Waals surface area (Å²) in [4.78, 5) is 91.9. The zero-order valence-electron chi connectivity index (χ0n) is 37.3. The van der Waals surface area contributed by atoms with Gasteiger partial charge in [-0.3, -0.25) is 24.0 Å². The molecule has 8 rings (SSSR count). The summed E-state index contributed by atoms with van der Waals surface area (Å²) in [6.45, 7) is 4.19. The van der Waals surface area contributed by atoms with Crippen molar-refractivity contribution in [2.75, 3.05) is 45.0 Å². The molecule has 5 unspecified atom stereocenters. The number of carbonyl (C=O) groups excluding carboxylic acids is 5. The number of hydrogen-bond donors (Lipinski definition) is 4. The zero-order chi connectivity index (χ0) is 47.6. The lowest BCUT2D eigenvalue weighted by Crippen LogP contribution is -2.61. The molecule has 0 bridgehead atoms. The van der Waals surface area contributed by atoms with E-state index in [1.54, 1.807) is 29.4 Å². The van der Waals surface area contributed by atoms with E-state index in [9.17, 15) is 54.0 Å². The topological polar surface area (TPSA) is 249 Å². The molecule has 2 aromatic rings. The van der Waals surface area contributed by atoms with Crippen LogP contribution in [0.2, 0.25) is 0 Å². The van der Waals surface area contributed by atoms with Crippen LogP contribution in [0.3, 0.4) is 0 Å². The minimum Gasteiger partial charge on any atom is -0.492 e. The molecule has 6 aliphatic rings. The second kappa shape index (κ2) is 17.5. The summed E-state index contributed by atoms with van der Waals surface area (Å²) >= 11 is 0. The van der Waals surface area contributed by atoms with Gasteiger partial charge in [0, 0.05) is 54.7 Å². The first-order valence-electron chi connectivity index (χ1n) is 22.5. The van der Waals surface area contributed by atoms with Crippen molar-refractivity contribution in [3.63, 3.8) is 0 Å². The van der Waals surface area contributed by atoms with Crippen molar-refractivity contribution in [1.82, 2.24) is 9.47 Å². The molecular formula is C47H56FN3O15. The number of hydrogen-bond acceptors (Lipinski definition) is 15. The van der Waals surface area contributed by atoms with Crippen LogP contribution in [0.15, 0.2) is 40.9 Å². The largest absolute Gasteiger partial charge is 0.492 e. The van der Waals surface area contributed by atoms with E-state index < -0.39 is 108 Å². The average Bonchev–Trinajstić information content (AvgIpc) is 4.06. The van der Waals surface area contributed by atoms with E-state index in [1.807, 2.05) is 13.0 Å². The van der Waals surface area contributed by atoms with Gasteiger partial charge in [0.2, 0.25) is 18.0 Å². The third kappa shape index (κ3) is 8.05. The molecule has 5 aliphatic carbocycles. The van der Waals surface area contributed by atoms with Gasteiger partial charge in [-0.25, -0.2) is 14.0 Å². The van der Waals surface area contributed by atoms with E-state index in [0.717, 1.165) is 24.5 Å². The Hall–Kier alpha value is -5.66. The number of fused-ring (bicyclic) bond motifs is 6. The van der Waals surface area contributed by atoms with Gasteiger partial charge in [0.15, 0.2) is 24.0 Å². The van der Waals surface area contributed by atoms with E-state index >= 15 is 4.39 Å². The normalized spacial score (nSPS) is 30.7. The molecule has 18 nitrogen and oxygen atoms in total. The zero-order valence-corrected chi connectivity index (χ0v) is 37.3. The lowest BCUT2D eigenvalue weighted by Gasteiger charge is -2.59. The molecule has 0 radical (unpaired) electrons. The van der Waals surface area contributed by atoms with Crippen LogP contribution in [0, 0.1) is 34.4 Å². The Morgan fingerprint density at radius 3 is 2.38 bits per heavy atom. The van der Waals surface area contributed by atoms with E-state index in [-0.39, 0.29) is 84.4 Å². The van der Waals surface area contributed by atoms with Gasteiger partial charge in [-0.1, -0.05) is 25.5 Å². The Morgan fingerprint density at radius 2 is 1.71 bits per heavy atom. The van der Waals surface area contributed by atoms with Gasteiger partial charge in [-0.05, 0) is 81.9 Å². The Kier molecular flexibility index (Phi) is 12.4. The average molecular weight is 922 g/mol. The summed E-state index contributed by atoms with van der Waals surface area (Å²) in [5, 5.41) is 43.5. The standard InChI is InChI=1S/C47H56FN3O15/c1-24-20-49(40-33(48)18-30-39(42(40)63-4)51(26-6-7-26)21-31(41(30)58)43(59)60)13-14-50(24)44(61)66-23-65-37(57)17-28(53)16-36(56)64-22-35(55)47(62)12-10-32-29-8-5-25-15-27(52)9-11-45(25,2)38(29)34(54)19-46(32,47)3/h9,11,15,18,21,24,26,28-29,32,34,38,53-54,62H,5-8,10,12-14,16-17,19-20,22-23H2,1-4H3,(H,59,60)/t24?,28?,29?,32?,34-,38?,45-,46-,47-/m0/s1. The number of pyridine rings is 1. The monoisotopic (exact) mass is 921 g/mol. The second-order valence-electron chi connectivity index (χ2n) is 19.2. The number of amides is 1. The van der Waals surface area contributed by atoms with E-state index in [0.29, 0.717) is 19.3 Å². The van der Waals surface area contributed by atoms with Gasteiger partial charge in [-0.2, -0.15) is 0 Å². The molecule has 0 spiro atoms. The van der Waals surface area contributed by atoms with Crippen molar-refractivity contribution in [3.8, 4) is 5.75 Å². The molecule has 356 valence electrons. The van der Waals surface area contributed by atoms with Crippen LogP contribution in [0.5, 0.6) is 5.75 Å². The number of aromatic nitrogens is 1. The van der Waals surface area contributed by atoms with E-state index in [2.05, 4.69) is 0 Å². The van der Waals surface area contributed by atoms with Crippen LogP contribution in [0.1, 0.15) is 95.0 Å². The highest BCUT2D eigenvalue weighted by atomic mass is 19.1. The number of esters is 2. The van der Waals surface area contributed by atoms with Gasteiger partial charge in [-0.15, -0.1) is 0 Å². The number of ketones is 2. The first kappa shape index (κ1) is 46.9. The van der Waals surface area contributed by atoms with Gasteiger partial charge in [0.25, 0.3) is 0 Å². The Balaban J connectivity index is 0.793. The maximum absolute atomic E-state index is 15.9. The molecule has 1 amide bonds. The molecule has 2 heterocycles. The highest BCUT2D eigenvalue weighted by molar-refractivity contribution is 6.01. The minimum atomic E-state index is -1.88. The SMILES string of the molecule is COc1c(N2CCN(C(=O)OCOC(=O)CC(O)CC(=O)OCC(=O)[C@@]3(O)CCC4C5CCC6=CC(=O)C=C[C@]6(C)C5[C@@H](O)C[C@@]43C)C(C)C2)c(F)cc2c(=O)c(C(=O)O)cn(C3CC3)c12. The van der Waals surface area contributed by atoms with Gasteiger partial charge >= 0.3 is 24.0 Å². The summed E-state index contributed by atoms with van der Waals surface area (Å²) in [5.41, 5.74) is -3.41. The summed E-state index contributed by atoms with van der Waals surface area (Å²) in [6.07, 6.45) is 5.33. The molecule has 9 atom stereocenters. The highest BCUT2D eigenvalue weighted by Crippen LogP contribution is 2.67. The fraction of sp³-hybridized carbons (Fsp3) is 0.596. The number of allylic oxidation sites excluding steroid dienone is 4. The minimum absolute atomic E-state index is 0.0172. The number of rotatable bonds is 13. The second-order valence-corrected chi connectivity index (χ2v) is 19.2. The number of aliphatic hydroxyl groups excluding tert-OH is 2. The summed E-state index contributed by atoms with van der Waals surface area (Å²) < 4.78 is 38.5. The molecule has 1 aromatic carbocycles. The Labute approximate surface area is 378 Å². The van der Waals surface area contributed by atoms with Crippen LogP contribution < -0.4 is 15.1 Å². The number of benzene rings is 1. The fourth-order valence-electron chi connectivity index (χ4n) is 12.0. The van der Waals surface area contributed by atoms with Crippen molar-refractivity contribution < 1.29 is 72.5 Å². The van der Waals surface area contributed by atoms with Crippen molar-refractivity contribution in [2.24, 2.45) is 28.6 Å². The summed E-state index contributed by atoms with van der Waals surface area (Å²) in [6, 6.07) is 0.369. The lowest BCUT2D eigenvalue weighted by atomic mass is 9.46. The molecule has 4 N–H and O–H groups in total. The number of Topliss-reactive ketones (excluding diaryl/α,β-unsaturated/α-hetero) is 1. The molecule has 1 saturated heterocycles. The smallest absolute Gasteiger partial charge is 0.413 e. The molecule has 5 fully saturated rings. The number of piperazine rings is 1. The van der Waals surface area contributed by atoms with Crippen molar-refractivity contribution >= 4 is 52.2 Å². The van der Waals surface area contributed by atoms with Gasteiger partial charge in [0.1, 0.15) is 16.9 Å². The number of methoxy groups -OCH3 is 1. The van der Waals surface area contributed by atoms with Crippen LogP contribution in [0.25, 0.3) is 10.9 Å². The summed E-state index contributed by atoms with van der Waals surface area (Å²) in [7, 11) is 1.33. The number of nitrogens with zero attached hydrogens (tertiary/aromatic N) is 3. The third-order valence-corrected chi connectivity index (χ3v) is 15.4. The fourth-order valence-corrected chi connectivity index (χ4v) is 12.0. The number of carboxylic acids is 1. The number of carboxylic acid groups (broad SMARTS) is 1. The predicted octanol–water partition coefficient (Wildman–Crippen LogP) is 3.59. The van der Waals surface area contributed by atoms with E-state index in [4.69, 9.17) is 18.9 Å². The highest BCUT2D eigenvalue weighted by Gasteiger charge is 2.68. The molecule has 19 heteroatoms. The maximum atomic E-state index is 15.9. The molecule has 66 heavy (non-hydrogen) atoms. The molecule has 1 aromatic heterocycles. The number of anilines is 1. The molecule has 4 saturated carbocycles. The first-order valence-corrected chi connectivity index (χ1v) is 22.5. The van der Waals surface area contributed by atoms with Crippen molar-refractivity contribution in [2.45, 2.75) is 108 Å². The number of ether oxygens (including phenoxy) is 4. The molecule has 1 aliphatic heterocycles. The third-order valence-electron chi connectivity index (χ3n) is 15.4. The van der Waals surface area contributed by atoms with Gasteiger partial charge in [0.05, 0.1) is 43.1 Å². The number of halogens is 1. The lowest BCUT2D eigenvalue weighted by molar-refractivity contribution is -0.181. The van der Waals surface area contributed by atoms with E-state index in [1.165, 1.54) is 24.3 Å². The number of aromatic carboxylic acids is 1. The van der Waals surface area contributed by atoms with Crippen molar-refractivity contribution in [1.29, 1.82) is 0 Å². The van der Waals surface area contributed by atoms with Crippen LogP contribution in [-0.4, -0.2) is 129 Å². The van der Waals surface area contributed by atoms with Crippen molar-refractivity contribution in [3.05, 3.63) is 57.7 Å². The maximum Gasteiger partial charge on any atom is 0.413 e. The molecular weight excluding hydrogens is 866 g/mol. The van der Waals surface area contributed by atoms with Crippen LogP contribution >= 0.6 is 0 Å². The van der Waals surface area contributed by atoms with Crippen LogP contribution in [0.4, 0.5) is 14.9 Å². The number of aliphatic hydroxyl groups is 3. The predicted molar refractivity (Wildman–Crippen MR) is 230 cm³/mol.